The maximum absolute atomic E-state index is 11.3. The third kappa shape index (κ3) is 5.38. The van der Waals surface area contributed by atoms with Gasteiger partial charge in [-0.1, -0.05) is 37.5 Å². The van der Waals surface area contributed by atoms with Crippen molar-refractivity contribution in [2.45, 2.75) is 44.2 Å². The summed E-state index contributed by atoms with van der Waals surface area (Å²) < 4.78 is 31.7. The van der Waals surface area contributed by atoms with E-state index in [0.29, 0.717) is 11.5 Å². The number of hydrogen-bond donors (Lipinski definition) is 2. The number of carboxylic acid groups (broad SMARTS) is 1. The Labute approximate surface area is 126 Å². The molecule has 4 nitrogen and oxygen atoms in total. The molecule has 1 aliphatic rings. The zero-order valence-electron chi connectivity index (χ0n) is 11.9. The molecule has 22 heavy (non-hydrogen) atoms. The number of alkyl halides is 3. The number of hydrogen-bond acceptors (Lipinski definition) is 2. The van der Waals surface area contributed by atoms with E-state index in [1.54, 1.807) is 0 Å². The average molecular weight is 317 g/mol. The van der Waals surface area contributed by atoms with E-state index in [2.05, 4.69) is 6.07 Å². The molecule has 1 amide bonds. The van der Waals surface area contributed by atoms with Gasteiger partial charge >= 0.3 is 12.1 Å². The fourth-order valence-corrected chi connectivity index (χ4v) is 2.49. The van der Waals surface area contributed by atoms with Gasteiger partial charge in [0.2, 0.25) is 5.91 Å². The summed E-state index contributed by atoms with van der Waals surface area (Å²) in [4.78, 5) is 20.2. The maximum Gasteiger partial charge on any atom is 0.490 e. The smallest absolute Gasteiger partial charge is 0.475 e. The molecule has 7 heteroatoms. The number of carbonyl (C=O) groups is 2. The van der Waals surface area contributed by atoms with E-state index >= 15 is 0 Å². The molecule has 0 saturated heterocycles. The van der Waals surface area contributed by atoms with E-state index in [1.165, 1.54) is 32.1 Å². The van der Waals surface area contributed by atoms with Gasteiger partial charge in [0.25, 0.3) is 0 Å². The molecule has 0 radical (unpaired) electrons. The predicted octanol–water partition coefficient (Wildman–Crippen LogP) is 3.47. The molecule has 0 bridgehead atoms. The Bertz CT molecular complexity index is 523. The van der Waals surface area contributed by atoms with Gasteiger partial charge in [-0.15, -0.1) is 0 Å². The van der Waals surface area contributed by atoms with Crippen LogP contribution in [0.2, 0.25) is 0 Å². The van der Waals surface area contributed by atoms with Gasteiger partial charge in [-0.25, -0.2) is 4.79 Å². The quantitative estimate of drug-likeness (QED) is 0.876. The minimum absolute atomic E-state index is 0.295. The van der Waals surface area contributed by atoms with Crippen LogP contribution in [0.5, 0.6) is 0 Å². The lowest BCUT2D eigenvalue weighted by Gasteiger charge is -2.23. The van der Waals surface area contributed by atoms with E-state index in [4.69, 9.17) is 15.6 Å². The van der Waals surface area contributed by atoms with E-state index < -0.39 is 12.1 Å². The molecule has 0 spiro atoms. The summed E-state index contributed by atoms with van der Waals surface area (Å²) in [6.45, 7) is 0. The average Bonchev–Trinajstić information content (AvgIpc) is 2.48. The number of aliphatic carboxylic acids is 1. The Morgan fingerprint density at radius 1 is 1.09 bits per heavy atom. The Morgan fingerprint density at radius 2 is 1.59 bits per heavy atom. The van der Waals surface area contributed by atoms with E-state index in [1.807, 2.05) is 18.2 Å². The van der Waals surface area contributed by atoms with Crippen LogP contribution < -0.4 is 5.73 Å². The first-order valence-corrected chi connectivity index (χ1v) is 6.92. The Morgan fingerprint density at radius 3 is 2.05 bits per heavy atom. The molecule has 0 aliphatic heterocycles. The zero-order chi connectivity index (χ0) is 16.8. The highest BCUT2D eigenvalue weighted by molar-refractivity contribution is 5.94. The second-order valence-electron chi connectivity index (χ2n) is 5.09. The molecule has 0 unspecified atom stereocenters. The molecule has 1 saturated carbocycles. The molecule has 0 heterocycles. The van der Waals surface area contributed by atoms with Gasteiger partial charge in [-0.3, -0.25) is 4.79 Å². The number of rotatable bonds is 2. The number of nitrogens with two attached hydrogens (primary N) is 1. The molecular weight excluding hydrogens is 299 g/mol. The van der Waals surface area contributed by atoms with Crippen molar-refractivity contribution in [3.8, 4) is 0 Å². The van der Waals surface area contributed by atoms with Gasteiger partial charge in [-0.2, -0.15) is 13.2 Å². The summed E-state index contributed by atoms with van der Waals surface area (Å²) in [6.07, 6.45) is 1.19. The van der Waals surface area contributed by atoms with Crippen molar-refractivity contribution in [2.24, 2.45) is 5.73 Å². The molecule has 0 atom stereocenters. The number of carbonyl (C=O) groups excluding carboxylic acids is 1. The van der Waals surface area contributed by atoms with Crippen molar-refractivity contribution < 1.29 is 27.9 Å². The molecule has 1 aromatic carbocycles. The maximum atomic E-state index is 11.3. The monoisotopic (exact) mass is 317 g/mol. The van der Waals surface area contributed by atoms with Crippen molar-refractivity contribution in [2.75, 3.05) is 0 Å². The lowest BCUT2D eigenvalue weighted by molar-refractivity contribution is -0.192. The van der Waals surface area contributed by atoms with Crippen LogP contribution in [0.3, 0.4) is 0 Å². The summed E-state index contributed by atoms with van der Waals surface area (Å²) in [7, 11) is 0. The first-order chi connectivity index (χ1) is 10.2. The number of halogens is 3. The van der Waals surface area contributed by atoms with Gasteiger partial charge in [0, 0.05) is 5.56 Å². The number of carboxylic acids is 1. The summed E-state index contributed by atoms with van der Waals surface area (Å²) >= 11 is 0. The largest absolute Gasteiger partial charge is 0.490 e. The predicted molar refractivity (Wildman–Crippen MR) is 74.5 cm³/mol. The molecule has 2 rings (SSSR count). The molecular formula is C15H18F3NO3. The van der Waals surface area contributed by atoms with Crippen molar-refractivity contribution in [3.63, 3.8) is 0 Å². The highest BCUT2D eigenvalue weighted by Crippen LogP contribution is 2.34. The van der Waals surface area contributed by atoms with Gasteiger partial charge in [0.1, 0.15) is 0 Å². The number of primary amides is 1. The Kier molecular flexibility index (Phi) is 6.39. The van der Waals surface area contributed by atoms with Crippen molar-refractivity contribution >= 4 is 11.9 Å². The highest BCUT2D eigenvalue weighted by atomic mass is 19.4. The molecule has 1 aromatic rings. The molecule has 3 N–H and O–H groups in total. The van der Waals surface area contributed by atoms with Crippen LogP contribution in [-0.2, 0) is 4.79 Å². The van der Waals surface area contributed by atoms with Crippen LogP contribution in [0.1, 0.15) is 53.9 Å². The zero-order valence-corrected chi connectivity index (χ0v) is 11.9. The third-order valence-corrected chi connectivity index (χ3v) is 3.51. The summed E-state index contributed by atoms with van der Waals surface area (Å²) in [5.74, 6) is -2.51. The lowest BCUT2D eigenvalue weighted by atomic mass is 9.82. The van der Waals surface area contributed by atoms with Gasteiger partial charge < -0.3 is 10.8 Å². The van der Waals surface area contributed by atoms with Gasteiger partial charge in [-0.05, 0) is 30.4 Å². The van der Waals surface area contributed by atoms with Crippen LogP contribution in [0, 0.1) is 0 Å². The minimum Gasteiger partial charge on any atom is -0.475 e. The molecule has 1 fully saturated rings. The topological polar surface area (TPSA) is 80.4 Å². The Balaban J connectivity index is 0.000000295. The van der Waals surface area contributed by atoms with Crippen LogP contribution in [0.25, 0.3) is 0 Å². The molecule has 0 aromatic heterocycles. The van der Waals surface area contributed by atoms with E-state index in [9.17, 15) is 18.0 Å². The minimum atomic E-state index is -5.08. The van der Waals surface area contributed by atoms with Gasteiger partial charge in [0.15, 0.2) is 0 Å². The van der Waals surface area contributed by atoms with Crippen LogP contribution in [0.15, 0.2) is 24.3 Å². The second kappa shape index (κ2) is 7.82. The fraction of sp³-hybridized carbons (Fsp3) is 0.467. The highest BCUT2D eigenvalue weighted by Gasteiger charge is 2.38. The van der Waals surface area contributed by atoms with Crippen LogP contribution >= 0.6 is 0 Å². The standard InChI is InChI=1S/C13H17NO.C2HF3O2/c14-13(15)12-9-5-4-8-11(12)10-6-2-1-3-7-10;3-2(4,5)1(6)7/h4-5,8-10H,1-3,6-7H2,(H2,14,15);(H,6,7). The Hall–Kier alpha value is -2.05. The van der Waals surface area contributed by atoms with Crippen LogP contribution in [-0.4, -0.2) is 23.2 Å². The number of amides is 1. The fourth-order valence-electron chi connectivity index (χ4n) is 2.49. The third-order valence-electron chi connectivity index (χ3n) is 3.51. The first-order valence-electron chi connectivity index (χ1n) is 6.92. The SMILES string of the molecule is NC(=O)c1ccccc1C1CCCCC1.O=C(O)C(F)(F)F. The van der Waals surface area contributed by atoms with E-state index in [-0.39, 0.29) is 5.91 Å². The summed E-state index contributed by atoms with van der Waals surface area (Å²) in [6, 6.07) is 7.77. The normalized spacial score (nSPS) is 15.6. The first kappa shape index (κ1) is 18.0. The number of benzene rings is 1. The molecule has 1 aliphatic carbocycles. The van der Waals surface area contributed by atoms with Gasteiger partial charge in [0.05, 0.1) is 0 Å². The lowest BCUT2D eigenvalue weighted by Crippen LogP contribution is -2.21. The van der Waals surface area contributed by atoms with Crippen molar-refractivity contribution in [1.29, 1.82) is 0 Å². The summed E-state index contributed by atoms with van der Waals surface area (Å²) in [5, 5.41) is 7.12. The second-order valence-corrected chi connectivity index (χ2v) is 5.09. The molecule has 122 valence electrons. The van der Waals surface area contributed by atoms with E-state index in [0.717, 1.165) is 5.56 Å². The summed E-state index contributed by atoms with van der Waals surface area (Å²) in [5.41, 5.74) is 7.25. The van der Waals surface area contributed by atoms with Crippen LogP contribution in [0.4, 0.5) is 13.2 Å². The van der Waals surface area contributed by atoms with Crippen molar-refractivity contribution in [1.82, 2.24) is 0 Å². The van der Waals surface area contributed by atoms with Crippen molar-refractivity contribution in [3.05, 3.63) is 35.4 Å².